The molecule has 0 unspecified atom stereocenters. The summed E-state index contributed by atoms with van der Waals surface area (Å²) < 4.78 is 10.5. The molecule has 8 heteroatoms. The molecule has 2 aromatic rings. The normalized spacial score (nSPS) is 22.9. The lowest BCUT2D eigenvalue weighted by Crippen LogP contribution is -3.14. The number of benzene rings is 2. The van der Waals surface area contributed by atoms with E-state index in [1.54, 1.807) is 62.8 Å². The highest BCUT2D eigenvalue weighted by Crippen LogP contribution is 2.37. The van der Waals surface area contributed by atoms with Crippen LogP contribution in [-0.2, 0) is 10.3 Å². The van der Waals surface area contributed by atoms with E-state index in [9.17, 15) is 14.7 Å². The van der Waals surface area contributed by atoms with Crippen LogP contribution in [-0.4, -0.2) is 62.0 Å². The summed E-state index contributed by atoms with van der Waals surface area (Å²) in [4.78, 5) is 29.2. The topological polar surface area (TPSA) is 92.5 Å². The molecule has 2 heterocycles. The summed E-state index contributed by atoms with van der Waals surface area (Å²) >= 11 is 0. The number of likely N-dealkylation sites (tertiary alicyclic amines) is 1. The zero-order valence-electron chi connectivity index (χ0n) is 17.8. The summed E-state index contributed by atoms with van der Waals surface area (Å²) in [5.74, 6) is 1.02. The summed E-state index contributed by atoms with van der Waals surface area (Å²) in [6.45, 7) is 1.71. The predicted molar refractivity (Wildman–Crippen MR) is 113 cm³/mol. The Labute approximate surface area is 181 Å². The second-order valence-corrected chi connectivity index (χ2v) is 8.01. The van der Waals surface area contributed by atoms with Crippen LogP contribution in [0, 0.1) is 0 Å². The number of imide groups is 1. The number of ether oxygens (including phenoxy) is 2. The van der Waals surface area contributed by atoms with Gasteiger partial charge in [-0.15, -0.1) is 0 Å². The Morgan fingerprint density at radius 1 is 0.968 bits per heavy atom. The number of hydrogen-bond acceptors (Lipinski definition) is 5. The van der Waals surface area contributed by atoms with E-state index in [4.69, 9.17) is 9.47 Å². The van der Waals surface area contributed by atoms with Crippen LogP contribution in [0.5, 0.6) is 11.5 Å². The summed E-state index contributed by atoms with van der Waals surface area (Å²) in [6, 6.07) is 13.9. The molecule has 2 fully saturated rings. The van der Waals surface area contributed by atoms with Crippen molar-refractivity contribution in [2.45, 2.75) is 24.5 Å². The number of piperidine rings is 1. The maximum Gasteiger partial charge on any atom is 0.330 e. The molecule has 0 saturated carbocycles. The number of nitrogens with zero attached hydrogens (tertiary/aromatic N) is 1. The van der Waals surface area contributed by atoms with Crippen LogP contribution in [0.4, 0.5) is 4.79 Å². The maximum atomic E-state index is 13.8. The Balaban J connectivity index is 1.71. The van der Waals surface area contributed by atoms with Gasteiger partial charge >= 0.3 is 6.03 Å². The van der Waals surface area contributed by atoms with Crippen molar-refractivity contribution in [2.75, 3.05) is 34.0 Å². The van der Waals surface area contributed by atoms with Crippen molar-refractivity contribution in [1.82, 2.24) is 10.2 Å². The summed E-state index contributed by atoms with van der Waals surface area (Å²) in [5, 5.41) is 12.7. The SMILES string of the molecule is COc1ccc(C2(c3ccc(OC)cc3)NC(=O)N(C[NH+]3CCC(O)CC3)C2=O)cc1. The van der Waals surface area contributed by atoms with Gasteiger partial charge in [0.1, 0.15) is 11.5 Å². The molecule has 3 amide bonds. The standard InChI is InChI=1S/C23H27N3O5/c1-30-19-7-3-16(4-8-19)23(17-5-9-20(31-2)10-6-17)21(28)26(22(29)24-23)15-25-13-11-18(27)12-14-25/h3-10,18,27H,11-15H2,1-2H3,(H,24,29)/p+1. The molecule has 0 radical (unpaired) electrons. The first kappa shape index (κ1) is 21.1. The Kier molecular flexibility index (Phi) is 5.84. The molecule has 2 aliphatic heterocycles. The number of carbonyl (C=O) groups is 2. The zero-order chi connectivity index (χ0) is 22.0. The number of amides is 3. The van der Waals surface area contributed by atoms with E-state index in [0.29, 0.717) is 35.5 Å². The predicted octanol–water partition coefficient (Wildman–Crippen LogP) is 0.496. The minimum atomic E-state index is -1.33. The van der Waals surface area contributed by atoms with E-state index in [0.717, 1.165) is 18.0 Å². The number of urea groups is 1. The molecule has 0 aliphatic carbocycles. The lowest BCUT2D eigenvalue weighted by molar-refractivity contribution is -0.913. The molecule has 8 nitrogen and oxygen atoms in total. The summed E-state index contributed by atoms with van der Waals surface area (Å²) in [6.07, 6.45) is 1.03. The average Bonchev–Trinajstić information content (AvgIpc) is 3.06. The monoisotopic (exact) mass is 426 g/mol. The average molecular weight is 426 g/mol. The lowest BCUT2D eigenvalue weighted by atomic mass is 9.82. The van der Waals surface area contributed by atoms with Gasteiger partial charge in [0.2, 0.25) is 0 Å². The molecule has 0 atom stereocenters. The number of aliphatic hydroxyl groups is 1. The third-order valence-corrected chi connectivity index (χ3v) is 6.20. The molecule has 2 aromatic carbocycles. The molecule has 4 rings (SSSR count). The van der Waals surface area contributed by atoms with Crippen molar-refractivity contribution in [3.8, 4) is 11.5 Å². The van der Waals surface area contributed by atoms with E-state index in [1.165, 1.54) is 4.90 Å². The number of quaternary nitrogens is 1. The van der Waals surface area contributed by atoms with Crippen LogP contribution in [0.1, 0.15) is 24.0 Å². The zero-order valence-corrected chi connectivity index (χ0v) is 17.8. The Hall–Kier alpha value is -3.10. The van der Waals surface area contributed by atoms with Crippen LogP contribution < -0.4 is 19.7 Å². The summed E-state index contributed by atoms with van der Waals surface area (Å²) in [5.41, 5.74) is -0.0172. The minimum Gasteiger partial charge on any atom is -0.497 e. The van der Waals surface area contributed by atoms with Gasteiger partial charge in [0.25, 0.3) is 5.91 Å². The fraction of sp³-hybridized carbons (Fsp3) is 0.391. The molecule has 164 valence electrons. The van der Waals surface area contributed by atoms with Crippen LogP contribution >= 0.6 is 0 Å². The molecular formula is C23H28N3O5+. The molecular weight excluding hydrogens is 398 g/mol. The molecule has 31 heavy (non-hydrogen) atoms. The number of carbonyl (C=O) groups excluding carboxylic acids is 2. The van der Waals surface area contributed by atoms with Crippen molar-refractivity contribution in [1.29, 1.82) is 0 Å². The van der Waals surface area contributed by atoms with Gasteiger partial charge in [0.15, 0.2) is 12.2 Å². The van der Waals surface area contributed by atoms with Crippen molar-refractivity contribution >= 4 is 11.9 Å². The summed E-state index contributed by atoms with van der Waals surface area (Å²) in [7, 11) is 3.16. The van der Waals surface area contributed by atoms with Crippen molar-refractivity contribution in [3.63, 3.8) is 0 Å². The third-order valence-electron chi connectivity index (χ3n) is 6.20. The number of methoxy groups -OCH3 is 2. The molecule has 2 aliphatic rings. The number of hydrogen-bond donors (Lipinski definition) is 3. The number of nitrogens with one attached hydrogen (secondary N) is 2. The highest BCUT2D eigenvalue weighted by molar-refractivity contribution is 6.09. The van der Waals surface area contributed by atoms with E-state index < -0.39 is 11.6 Å². The van der Waals surface area contributed by atoms with Gasteiger partial charge in [-0.1, -0.05) is 24.3 Å². The quantitative estimate of drug-likeness (QED) is 0.585. The van der Waals surface area contributed by atoms with Gasteiger partial charge in [0, 0.05) is 12.8 Å². The first-order valence-corrected chi connectivity index (χ1v) is 10.4. The van der Waals surface area contributed by atoms with Crippen LogP contribution in [0.2, 0.25) is 0 Å². The van der Waals surface area contributed by atoms with Crippen LogP contribution in [0.3, 0.4) is 0 Å². The van der Waals surface area contributed by atoms with Crippen LogP contribution in [0.25, 0.3) is 0 Å². The van der Waals surface area contributed by atoms with Gasteiger partial charge in [-0.2, -0.15) is 0 Å². The molecule has 2 saturated heterocycles. The smallest absolute Gasteiger partial charge is 0.330 e. The molecule has 3 N–H and O–H groups in total. The molecule has 0 aromatic heterocycles. The second-order valence-electron chi connectivity index (χ2n) is 8.01. The van der Waals surface area contributed by atoms with Gasteiger partial charge in [-0.25, -0.2) is 9.69 Å². The minimum absolute atomic E-state index is 0.269. The van der Waals surface area contributed by atoms with Crippen molar-refractivity contribution in [3.05, 3.63) is 59.7 Å². The molecule has 0 bridgehead atoms. The van der Waals surface area contributed by atoms with Crippen molar-refractivity contribution in [2.24, 2.45) is 0 Å². The van der Waals surface area contributed by atoms with Gasteiger partial charge in [0.05, 0.1) is 33.4 Å². The van der Waals surface area contributed by atoms with E-state index in [1.807, 2.05) is 0 Å². The largest absolute Gasteiger partial charge is 0.497 e. The Bertz CT molecular complexity index is 889. The van der Waals surface area contributed by atoms with Gasteiger partial charge in [-0.05, 0) is 35.4 Å². The first-order valence-electron chi connectivity index (χ1n) is 10.4. The second kappa shape index (κ2) is 8.56. The number of rotatable bonds is 6. The van der Waals surface area contributed by atoms with Crippen LogP contribution in [0.15, 0.2) is 48.5 Å². The van der Waals surface area contributed by atoms with E-state index >= 15 is 0 Å². The third kappa shape index (κ3) is 3.84. The van der Waals surface area contributed by atoms with E-state index in [-0.39, 0.29) is 18.7 Å². The Morgan fingerprint density at radius 2 is 1.45 bits per heavy atom. The highest BCUT2D eigenvalue weighted by Gasteiger charge is 2.54. The lowest BCUT2D eigenvalue weighted by Gasteiger charge is -2.30. The fourth-order valence-electron chi connectivity index (χ4n) is 4.35. The first-order chi connectivity index (χ1) is 15.0. The number of aliphatic hydroxyl groups excluding tert-OH is 1. The fourth-order valence-corrected chi connectivity index (χ4v) is 4.35. The van der Waals surface area contributed by atoms with Crippen molar-refractivity contribution < 1.29 is 29.1 Å². The van der Waals surface area contributed by atoms with Gasteiger partial charge < -0.3 is 24.8 Å². The molecule has 0 spiro atoms. The van der Waals surface area contributed by atoms with Gasteiger partial charge in [-0.3, -0.25) is 4.79 Å². The highest BCUT2D eigenvalue weighted by atomic mass is 16.5. The van der Waals surface area contributed by atoms with E-state index in [2.05, 4.69) is 5.32 Å². The maximum absolute atomic E-state index is 13.8. The Morgan fingerprint density at radius 3 is 1.90 bits per heavy atom.